The largest absolute Gasteiger partial charge is 0.467 e. The highest BCUT2D eigenvalue weighted by Crippen LogP contribution is 2.21. The van der Waals surface area contributed by atoms with E-state index < -0.39 is 6.04 Å². The van der Waals surface area contributed by atoms with Crippen LogP contribution in [0, 0.1) is 31.1 Å². The Hall–Kier alpha value is -2.09. The average molecular weight is 261 g/mol. The maximum atomic E-state index is 11.7. The van der Waals surface area contributed by atoms with Crippen LogP contribution in [0.3, 0.4) is 0 Å². The van der Waals surface area contributed by atoms with Gasteiger partial charge in [-0.3, -0.25) is 4.98 Å². The van der Waals surface area contributed by atoms with Crippen molar-refractivity contribution in [2.45, 2.75) is 33.7 Å². The highest BCUT2D eigenvalue weighted by Gasteiger charge is 2.24. The number of anilines is 1. The van der Waals surface area contributed by atoms with Gasteiger partial charge in [0.1, 0.15) is 12.1 Å². The molecule has 1 aromatic heterocycles. The van der Waals surface area contributed by atoms with Gasteiger partial charge in [-0.1, -0.05) is 13.8 Å². The third kappa shape index (κ3) is 3.44. The highest BCUT2D eigenvalue weighted by molar-refractivity contribution is 5.80. The summed E-state index contributed by atoms with van der Waals surface area (Å²) in [6, 6.07) is 3.40. The van der Waals surface area contributed by atoms with Crippen LogP contribution in [0.1, 0.15) is 30.8 Å². The van der Waals surface area contributed by atoms with Gasteiger partial charge in [0.25, 0.3) is 0 Å². The Labute approximate surface area is 113 Å². The third-order valence-electron chi connectivity index (χ3n) is 2.87. The minimum absolute atomic E-state index is 0.0489. The number of ether oxygens (including phenoxy) is 1. The van der Waals surface area contributed by atoms with Gasteiger partial charge in [-0.05, 0) is 25.8 Å². The minimum Gasteiger partial charge on any atom is -0.467 e. The number of aryl methyl sites for hydroxylation is 2. The molecule has 5 nitrogen and oxygen atoms in total. The fourth-order valence-electron chi connectivity index (χ4n) is 1.88. The number of hydrogen-bond donors (Lipinski definition) is 1. The maximum Gasteiger partial charge on any atom is 0.328 e. The lowest BCUT2D eigenvalue weighted by molar-refractivity contribution is -0.142. The van der Waals surface area contributed by atoms with Crippen LogP contribution >= 0.6 is 0 Å². The van der Waals surface area contributed by atoms with E-state index in [1.54, 1.807) is 13.0 Å². The molecule has 0 aliphatic heterocycles. The van der Waals surface area contributed by atoms with Crippen LogP contribution in [-0.2, 0) is 9.53 Å². The second kappa shape index (κ2) is 6.19. The molecular weight excluding hydrogens is 242 g/mol. The van der Waals surface area contributed by atoms with E-state index in [1.165, 1.54) is 7.11 Å². The molecule has 1 heterocycles. The Morgan fingerprint density at radius 1 is 1.47 bits per heavy atom. The molecule has 5 heteroatoms. The predicted molar refractivity (Wildman–Crippen MR) is 72.7 cm³/mol. The first-order valence-corrected chi connectivity index (χ1v) is 6.13. The van der Waals surface area contributed by atoms with Crippen LogP contribution < -0.4 is 5.32 Å². The summed E-state index contributed by atoms with van der Waals surface area (Å²) in [5, 5.41) is 12.3. The van der Waals surface area contributed by atoms with E-state index in [-0.39, 0.29) is 11.9 Å². The minimum atomic E-state index is -0.488. The van der Waals surface area contributed by atoms with Crippen molar-refractivity contribution in [1.29, 1.82) is 5.26 Å². The Balaban J connectivity index is 3.16. The van der Waals surface area contributed by atoms with Gasteiger partial charge < -0.3 is 10.1 Å². The molecule has 1 N–H and O–H groups in total. The molecule has 102 valence electrons. The summed E-state index contributed by atoms with van der Waals surface area (Å²) in [4.78, 5) is 16.0. The van der Waals surface area contributed by atoms with Gasteiger partial charge in [-0.15, -0.1) is 0 Å². The Morgan fingerprint density at radius 2 is 2.11 bits per heavy atom. The quantitative estimate of drug-likeness (QED) is 0.841. The summed E-state index contributed by atoms with van der Waals surface area (Å²) in [7, 11) is 1.35. The summed E-state index contributed by atoms with van der Waals surface area (Å²) in [5.41, 5.74) is 2.53. The number of carbonyl (C=O) groups excluding carboxylic acids is 1. The lowest BCUT2D eigenvalue weighted by atomic mass is 10.0. The standard InChI is InChI=1S/C14H19N3O2/c1-8(2)13(14(18)19-5)17-12-6-9(3)16-10(4)11(12)7-15/h6,8,13H,1-5H3,(H,16,17). The molecule has 19 heavy (non-hydrogen) atoms. The van der Waals surface area contributed by atoms with Crippen molar-refractivity contribution in [2.24, 2.45) is 5.92 Å². The normalized spacial score (nSPS) is 11.8. The van der Waals surface area contributed by atoms with Crippen LogP contribution in [0.4, 0.5) is 5.69 Å². The Kier molecular flexibility index (Phi) is 4.87. The molecule has 1 atom stereocenters. The number of rotatable bonds is 4. The van der Waals surface area contributed by atoms with Crippen molar-refractivity contribution < 1.29 is 9.53 Å². The zero-order valence-electron chi connectivity index (χ0n) is 11.9. The second-order valence-electron chi connectivity index (χ2n) is 4.77. The number of nitrogens with zero attached hydrogens (tertiary/aromatic N) is 2. The fourth-order valence-corrected chi connectivity index (χ4v) is 1.88. The Morgan fingerprint density at radius 3 is 2.58 bits per heavy atom. The van der Waals surface area contributed by atoms with Gasteiger partial charge in [0, 0.05) is 5.69 Å². The molecule has 1 rings (SSSR count). The molecule has 1 aromatic rings. The first-order chi connectivity index (χ1) is 8.90. The van der Waals surface area contributed by atoms with Gasteiger partial charge in [0.2, 0.25) is 0 Å². The molecule has 0 amide bonds. The molecule has 0 aliphatic rings. The summed E-state index contributed by atoms with van der Waals surface area (Å²) in [6.45, 7) is 7.46. The van der Waals surface area contributed by atoms with Gasteiger partial charge in [-0.2, -0.15) is 5.26 Å². The number of esters is 1. The molecular formula is C14H19N3O2. The summed E-state index contributed by atoms with van der Waals surface area (Å²) < 4.78 is 4.78. The first-order valence-electron chi connectivity index (χ1n) is 6.13. The van der Waals surface area contributed by atoms with E-state index >= 15 is 0 Å². The molecule has 0 spiro atoms. The molecule has 0 fully saturated rings. The molecule has 0 saturated carbocycles. The predicted octanol–water partition coefficient (Wildman–Crippen LogP) is 2.18. The molecule has 1 unspecified atom stereocenters. The van der Waals surface area contributed by atoms with Crippen LogP contribution in [0.15, 0.2) is 6.07 Å². The summed E-state index contributed by atoms with van der Waals surface area (Å²) >= 11 is 0. The van der Waals surface area contributed by atoms with Crippen molar-refractivity contribution in [3.8, 4) is 6.07 Å². The molecule has 0 saturated heterocycles. The van der Waals surface area contributed by atoms with E-state index in [4.69, 9.17) is 4.74 Å². The van der Waals surface area contributed by atoms with Gasteiger partial charge in [0.05, 0.1) is 24.1 Å². The van der Waals surface area contributed by atoms with E-state index in [0.717, 1.165) is 5.69 Å². The number of nitriles is 1. The van der Waals surface area contributed by atoms with Crippen LogP contribution in [0.2, 0.25) is 0 Å². The van der Waals surface area contributed by atoms with Crippen molar-refractivity contribution in [1.82, 2.24) is 4.98 Å². The number of hydrogen-bond acceptors (Lipinski definition) is 5. The van der Waals surface area contributed by atoms with Crippen LogP contribution in [0.25, 0.3) is 0 Å². The monoisotopic (exact) mass is 261 g/mol. The smallest absolute Gasteiger partial charge is 0.328 e. The molecule has 0 bridgehead atoms. The lowest BCUT2D eigenvalue weighted by Gasteiger charge is -2.22. The average Bonchev–Trinajstić information content (AvgIpc) is 2.34. The van der Waals surface area contributed by atoms with Crippen molar-refractivity contribution >= 4 is 11.7 Å². The molecule has 0 radical (unpaired) electrons. The number of pyridine rings is 1. The Bertz CT molecular complexity index is 518. The SMILES string of the molecule is COC(=O)C(Nc1cc(C)nc(C)c1C#N)C(C)C. The molecule has 0 aliphatic carbocycles. The molecule has 0 aromatic carbocycles. The van der Waals surface area contributed by atoms with Crippen LogP contribution in [-0.4, -0.2) is 24.1 Å². The topological polar surface area (TPSA) is 75.0 Å². The number of nitrogens with one attached hydrogen (secondary N) is 1. The first kappa shape index (κ1) is 15.0. The summed E-state index contributed by atoms with van der Waals surface area (Å²) in [6.07, 6.45) is 0. The zero-order valence-corrected chi connectivity index (χ0v) is 11.9. The zero-order chi connectivity index (χ0) is 14.6. The van der Waals surface area contributed by atoms with Crippen LogP contribution in [0.5, 0.6) is 0 Å². The number of aromatic nitrogens is 1. The number of methoxy groups -OCH3 is 1. The van der Waals surface area contributed by atoms with E-state index in [2.05, 4.69) is 16.4 Å². The lowest BCUT2D eigenvalue weighted by Crippen LogP contribution is -2.35. The third-order valence-corrected chi connectivity index (χ3v) is 2.87. The van der Waals surface area contributed by atoms with Crippen molar-refractivity contribution in [3.05, 3.63) is 23.0 Å². The number of carbonyl (C=O) groups is 1. The van der Waals surface area contributed by atoms with E-state index in [1.807, 2.05) is 20.8 Å². The van der Waals surface area contributed by atoms with E-state index in [9.17, 15) is 10.1 Å². The van der Waals surface area contributed by atoms with Crippen molar-refractivity contribution in [3.63, 3.8) is 0 Å². The second-order valence-corrected chi connectivity index (χ2v) is 4.77. The summed E-state index contributed by atoms with van der Waals surface area (Å²) in [5.74, 6) is -0.293. The van der Waals surface area contributed by atoms with Gasteiger partial charge in [0.15, 0.2) is 0 Å². The van der Waals surface area contributed by atoms with Gasteiger partial charge in [-0.25, -0.2) is 4.79 Å². The van der Waals surface area contributed by atoms with Crippen molar-refractivity contribution in [2.75, 3.05) is 12.4 Å². The highest BCUT2D eigenvalue weighted by atomic mass is 16.5. The fraction of sp³-hybridized carbons (Fsp3) is 0.500. The van der Waals surface area contributed by atoms with Gasteiger partial charge >= 0.3 is 5.97 Å². The maximum absolute atomic E-state index is 11.7. The van der Waals surface area contributed by atoms with E-state index in [0.29, 0.717) is 16.9 Å².